The fourth-order valence-corrected chi connectivity index (χ4v) is 14.3. The molecular weight excluding hydrogens is 498 g/mol. The van der Waals surface area contributed by atoms with E-state index in [0.29, 0.717) is 5.41 Å². The molecule has 1 aromatic rings. The predicted octanol–water partition coefficient (Wildman–Crippen LogP) is 7.56. The summed E-state index contributed by atoms with van der Waals surface area (Å²) in [5.74, 6) is 3.78. The molecule has 0 radical (unpaired) electrons. The zero-order chi connectivity index (χ0) is 26.9. The second-order valence-electron chi connectivity index (χ2n) is 16.1. The van der Waals surface area contributed by atoms with Crippen molar-refractivity contribution in [1.29, 1.82) is 0 Å². The van der Waals surface area contributed by atoms with Crippen LogP contribution in [0.5, 0.6) is 0 Å². The van der Waals surface area contributed by atoms with Crippen LogP contribution in [0.3, 0.4) is 0 Å². The normalized spacial score (nSPS) is 37.8. The quantitative estimate of drug-likeness (QED) is 0.355. The van der Waals surface area contributed by atoms with Crippen LogP contribution in [-0.4, -0.2) is 43.7 Å². The van der Waals surface area contributed by atoms with Crippen molar-refractivity contribution in [3.8, 4) is 0 Å². The van der Waals surface area contributed by atoms with Gasteiger partial charge in [0.2, 0.25) is 0 Å². The number of nitrogens with one attached hydrogen (secondary N) is 2. The molecule has 6 aliphatic rings. The molecule has 2 heterocycles. The zero-order valence-electron chi connectivity index (χ0n) is 25.3. The summed E-state index contributed by atoms with van der Waals surface area (Å²) in [7, 11) is 3.20. The summed E-state index contributed by atoms with van der Waals surface area (Å²) in [5, 5.41) is 7.52. The van der Waals surface area contributed by atoms with Gasteiger partial charge in [0.25, 0.3) is 0 Å². The van der Waals surface area contributed by atoms with Gasteiger partial charge in [-0.25, -0.2) is 0 Å². The van der Waals surface area contributed by atoms with E-state index in [2.05, 4.69) is 73.5 Å². The first-order valence-corrected chi connectivity index (χ1v) is 18.5. The van der Waals surface area contributed by atoms with Crippen molar-refractivity contribution < 1.29 is 0 Å². The average molecular weight is 555 g/mol. The largest absolute Gasteiger partial charge is 0.316 e. The van der Waals surface area contributed by atoms with Gasteiger partial charge in [0, 0.05) is 13.1 Å². The fourth-order valence-electron chi connectivity index (χ4n) is 10.1. The van der Waals surface area contributed by atoms with Gasteiger partial charge in [0.1, 0.15) is 0 Å². The van der Waals surface area contributed by atoms with Crippen LogP contribution in [-0.2, 0) is 22.4 Å². The SMILES string of the molecule is CC(C)(C)c1cc(CP(C2CCNC2)C2CCNC2)c(C23CC4CC(CC(C4)C2CP)C3)cc1C(C)(C)C. The topological polar surface area (TPSA) is 24.1 Å². The third-order valence-corrected chi connectivity index (χ3v) is 15.5. The van der Waals surface area contributed by atoms with Gasteiger partial charge in [0.05, 0.1) is 0 Å². The van der Waals surface area contributed by atoms with Gasteiger partial charge in [-0.05, 0) is 144 Å². The highest BCUT2D eigenvalue weighted by atomic mass is 31.1. The van der Waals surface area contributed by atoms with E-state index >= 15 is 0 Å². The maximum absolute atomic E-state index is 3.76. The molecule has 4 saturated carbocycles. The Morgan fingerprint density at radius 2 is 1.39 bits per heavy atom. The van der Waals surface area contributed by atoms with Crippen molar-refractivity contribution in [3.05, 3.63) is 34.4 Å². The van der Waals surface area contributed by atoms with Crippen LogP contribution in [0.25, 0.3) is 0 Å². The lowest BCUT2D eigenvalue weighted by atomic mass is 9.43. The van der Waals surface area contributed by atoms with E-state index in [0.717, 1.165) is 35.0 Å². The molecule has 2 nitrogen and oxygen atoms in total. The van der Waals surface area contributed by atoms with E-state index in [9.17, 15) is 0 Å². The molecule has 2 N–H and O–H groups in total. The first-order chi connectivity index (χ1) is 18.0. The van der Waals surface area contributed by atoms with Gasteiger partial charge in [-0.2, -0.15) is 0 Å². The molecule has 38 heavy (non-hydrogen) atoms. The highest BCUT2D eigenvalue weighted by molar-refractivity contribution is 7.58. The number of hydrogen-bond donors (Lipinski definition) is 2. The second-order valence-corrected chi connectivity index (χ2v) is 19.4. The highest BCUT2D eigenvalue weighted by Crippen LogP contribution is 2.65. The van der Waals surface area contributed by atoms with Crippen LogP contribution >= 0.6 is 17.2 Å². The maximum Gasteiger partial charge on any atom is 0.00196 e. The molecule has 6 fully saturated rings. The summed E-state index contributed by atoms with van der Waals surface area (Å²) < 4.78 is 0. The predicted molar refractivity (Wildman–Crippen MR) is 170 cm³/mol. The van der Waals surface area contributed by atoms with Gasteiger partial charge >= 0.3 is 0 Å². The van der Waals surface area contributed by atoms with Crippen molar-refractivity contribution in [2.24, 2.45) is 23.7 Å². The standard InChI is InChI=1S/C34H56N2P2/c1-32(2,3)29-14-25(21-38(26-7-9-35-18-26)27-8-10-36-19-27)28(15-30(29)33(4,5)6)34-16-22-11-23(17-34)13-24(12-22)31(34)20-37/h14-15,22-24,26-27,31,35-36H,7-13,16-21,37H2,1-6H3. The van der Waals surface area contributed by atoms with Gasteiger partial charge in [0.15, 0.2) is 0 Å². The molecule has 7 rings (SSSR count). The minimum absolute atomic E-state index is 0.0314. The number of rotatable bonds is 6. The summed E-state index contributed by atoms with van der Waals surface area (Å²) >= 11 is 0. The Morgan fingerprint density at radius 1 is 0.842 bits per heavy atom. The zero-order valence-corrected chi connectivity index (χ0v) is 27.4. The monoisotopic (exact) mass is 554 g/mol. The smallest absolute Gasteiger partial charge is 0.00196 e. The molecule has 0 amide bonds. The second kappa shape index (κ2) is 10.4. The summed E-state index contributed by atoms with van der Waals surface area (Å²) in [6.45, 7) is 19.8. The Labute approximate surface area is 238 Å². The van der Waals surface area contributed by atoms with E-state index in [1.807, 2.05) is 5.56 Å². The Morgan fingerprint density at radius 3 is 1.87 bits per heavy atom. The van der Waals surface area contributed by atoms with Gasteiger partial charge in [-0.1, -0.05) is 61.6 Å². The molecule has 4 aliphatic carbocycles. The third-order valence-electron chi connectivity index (χ3n) is 11.5. The maximum atomic E-state index is 3.76. The fraction of sp³-hybridized carbons (Fsp3) is 0.824. The van der Waals surface area contributed by atoms with Crippen molar-refractivity contribution in [2.75, 3.05) is 32.3 Å². The minimum atomic E-state index is -0.0314. The van der Waals surface area contributed by atoms with Gasteiger partial charge in [-0.15, -0.1) is 9.24 Å². The molecule has 6 unspecified atom stereocenters. The first-order valence-electron chi connectivity index (χ1n) is 16.0. The highest BCUT2D eigenvalue weighted by Gasteiger charge is 2.57. The minimum Gasteiger partial charge on any atom is -0.316 e. The van der Waals surface area contributed by atoms with Crippen molar-refractivity contribution in [1.82, 2.24) is 10.6 Å². The van der Waals surface area contributed by atoms with Crippen molar-refractivity contribution >= 4 is 17.2 Å². The Bertz CT molecular complexity index is 979. The lowest BCUT2D eigenvalue weighted by Gasteiger charge is -2.62. The molecule has 4 bridgehead atoms. The van der Waals surface area contributed by atoms with E-state index in [4.69, 9.17) is 0 Å². The average Bonchev–Trinajstić information content (AvgIpc) is 3.55. The Kier molecular flexibility index (Phi) is 7.68. The van der Waals surface area contributed by atoms with Gasteiger partial charge in [-0.3, -0.25) is 0 Å². The third kappa shape index (κ3) is 4.99. The van der Waals surface area contributed by atoms with Crippen LogP contribution in [0.4, 0.5) is 0 Å². The first kappa shape index (κ1) is 28.1. The molecule has 212 valence electrons. The summed E-state index contributed by atoms with van der Waals surface area (Å²) in [6, 6.07) is 5.64. The molecule has 2 aliphatic heterocycles. The van der Waals surface area contributed by atoms with Crippen LogP contribution in [0.15, 0.2) is 12.1 Å². The van der Waals surface area contributed by atoms with Crippen LogP contribution < -0.4 is 10.6 Å². The molecular formula is C34H56N2P2. The van der Waals surface area contributed by atoms with Crippen molar-refractivity contribution in [3.63, 3.8) is 0 Å². The van der Waals surface area contributed by atoms with Crippen molar-refractivity contribution in [2.45, 2.75) is 120 Å². The Balaban J connectivity index is 1.52. The van der Waals surface area contributed by atoms with Crippen LogP contribution in [0.1, 0.15) is 109 Å². The molecule has 1 aromatic carbocycles. The van der Waals surface area contributed by atoms with Gasteiger partial charge < -0.3 is 10.6 Å². The van der Waals surface area contributed by atoms with E-state index in [1.54, 1.807) is 16.7 Å². The summed E-state index contributed by atoms with van der Waals surface area (Å²) in [4.78, 5) is 0. The summed E-state index contributed by atoms with van der Waals surface area (Å²) in [6.07, 6.45) is 13.0. The molecule has 0 aromatic heterocycles. The molecule has 4 heteroatoms. The molecule has 0 spiro atoms. The lowest BCUT2D eigenvalue weighted by Crippen LogP contribution is -2.56. The number of benzene rings is 1. The Hall–Kier alpha value is -0.0000000000000000555. The van der Waals surface area contributed by atoms with E-state index in [-0.39, 0.29) is 18.8 Å². The number of hydrogen-bond acceptors (Lipinski definition) is 2. The van der Waals surface area contributed by atoms with Crippen LogP contribution in [0.2, 0.25) is 0 Å². The van der Waals surface area contributed by atoms with E-state index < -0.39 is 0 Å². The summed E-state index contributed by atoms with van der Waals surface area (Å²) in [5.41, 5.74) is 9.45. The molecule has 6 atom stereocenters. The van der Waals surface area contributed by atoms with E-state index in [1.165, 1.54) is 83.4 Å². The van der Waals surface area contributed by atoms with Crippen LogP contribution in [0, 0.1) is 23.7 Å². The molecule has 2 saturated heterocycles. The lowest BCUT2D eigenvalue weighted by molar-refractivity contribution is -0.0521.